The summed E-state index contributed by atoms with van der Waals surface area (Å²) in [6, 6.07) is 14.1. The molecule has 3 rings (SSSR count). The van der Waals surface area contributed by atoms with Crippen molar-refractivity contribution in [1.82, 2.24) is 4.31 Å². The number of sulfonamides is 1. The second-order valence-electron chi connectivity index (χ2n) is 6.47. The van der Waals surface area contributed by atoms with Gasteiger partial charge in [0.1, 0.15) is 0 Å². The zero-order chi connectivity index (χ0) is 18.7. The van der Waals surface area contributed by atoms with Crippen LogP contribution in [0.15, 0.2) is 53.4 Å². The van der Waals surface area contributed by atoms with Gasteiger partial charge in [0.25, 0.3) is 5.91 Å². The number of carbonyl (C=O) groups excluding carboxylic acids is 1. The Morgan fingerprint density at radius 3 is 2.42 bits per heavy atom. The standard InChI is InChI=1S/C20H24N2O3S/c1-3-22(19-12-5-4-9-16(19)2)20(23)17-10-8-11-18(15-17)26(24,25)21-13-6-7-14-21/h4-5,8-12,15H,3,6-7,13-14H2,1-2H3. The molecule has 0 aromatic heterocycles. The third-order valence-electron chi connectivity index (χ3n) is 4.75. The monoisotopic (exact) mass is 372 g/mol. The lowest BCUT2D eigenvalue weighted by atomic mass is 10.1. The van der Waals surface area contributed by atoms with E-state index < -0.39 is 10.0 Å². The Hall–Kier alpha value is -2.18. The van der Waals surface area contributed by atoms with Crippen LogP contribution in [-0.4, -0.2) is 38.3 Å². The molecule has 6 heteroatoms. The molecule has 1 amide bonds. The van der Waals surface area contributed by atoms with Gasteiger partial charge in [0.05, 0.1) is 4.90 Å². The molecule has 0 spiro atoms. The van der Waals surface area contributed by atoms with Crippen molar-refractivity contribution in [3.05, 3.63) is 59.7 Å². The number of nitrogens with zero attached hydrogens (tertiary/aromatic N) is 2. The maximum absolute atomic E-state index is 13.0. The lowest BCUT2D eigenvalue weighted by Gasteiger charge is -2.23. The number of hydrogen-bond donors (Lipinski definition) is 0. The molecule has 0 radical (unpaired) electrons. The van der Waals surface area contributed by atoms with Crippen LogP contribution in [0, 0.1) is 6.92 Å². The van der Waals surface area contributed by atoms with Gasteiger partial charge in [-0.3, -0.25) is 4.79 Å². The molecule has 2 aromatic rings. The van der Waals surface area contributed by atoms with Crippen LogP contribution in [0.25, 0.3) is 0 Å². The minimum atomic E-state index is -3.54. The van der Waals surface area contributed by atoms with Crippen LogP contribution in [-0.2, 0) is 10.0 Å². The molecule has 0 N–H and O–H groups in total. The van der Waals surface area contributed by atoms with Crippen LogP contribution in [0.2, 0.25) is 0 Å². The number of aryl methyl sites for hydroxylation is 1. The quantitative estimate of drug-likeness (QED) is 0.808. The Labute approximate surface area is 155 Å². The number of hydrogen-bond acceptors (Lipinski definition) is 3. The van der Waals surface area contributed by atoms with E-state index >= 15 is 0 Å². The van der Waals surface area contributed by atoms with Crippen molar-refractivity contribution in [3.8, 4) is 0 Å². The van der Waals surface area contributed by atoms with Gasteiger partial charge in [-0.15, -0.1) is 0 Å². The molecule has 1 aliphatic rings. The first kappa shape index (κ1) is 18.6. The maximum Gasteiger partial charge on any atom is 0.258 e. The number of carbonyl (C=O) groups is 1. The largest absolute Gasteiger partial charge is 0.308 e. The van der Waals surface area contributed by atoms with E-state index in [1.807, 2.05) is 38.1 Å². The van der Waals surface area contributed by atoms with E-state index in [4.69, 9.17) is 0 Å². The van der Waals surface area contributed by atoms with Crippen LogP contribution in [0.5, 0.6) is 0 Å². The van der Waals surface area contributed by atoms with E-state index in [2.05, 4.69) is 0 Å². The summed E-state index contributed by atoms with van der Waals surface area (Å²) in [7, 11) is -3.54. The Morgan fingerprint density at radius 2 is 1.77 bits per heavy atom. The molecule has 1 saturated heterocycles. The molecule has 1 aliphatic heterocycles. The summed E-state index contributed by atoms with van der Waals surface area (Å²) in [5, 5.41) is 0. The second-order valence-corrected chi connectivity index (χ2v) is 8.41. The number of para-hydroxylation sites is 1. The number of anilines is 1. The van der Waals surface area contributed by atoms with Gasteiger partial charge in [-0.05, 0) is 56.5 Å². The lowest BCUT2D eigenvalue weighted by molar-refractivity contribution is 0.0988. The van der Waals surface area contributed by atoms with Crippen molar-refractivity contribution in [2.24, 2.45) is 0 Å². The van der Waals surface area contributed by atoms with Crippen molar-refractivity contribution in [3.63, 3.8) is 0 Å². The van der Waals surface area contributed by atoms with Crippen molar-refractivity contribution >= 4 is 21.6 Å². The van der Waals surface area contributed by atoms with Gasteiger partial charge in [-0.25, -0.2) is 8.42 Å². The average Bonchev–Trinajstić information content (AvgIpc) is 3.19. The van der Waals surface area contributed by atoms with E-state index in [0.717, 1.165) is 24.1 Å². The zero-order valence-electron chi connectivity index (χ0n) is 15.2. The molecule has 2 aromatic carbocycles. The van der Waals surface area contributed by atoms with Crippen molar-refractivity contribution in [1.29, 1.82) is 0 Å². The van der Waals surface area contributed by atoms with Gasteiger partial charge in [0.2, 0.25) is 10.0 Å². The SMILES string of the molecule is CCN(C(=O)c1cccc(S(=O)(=O)N2CCCC2)c1)c1ccccc1C. The molecule has 1 fully saturated rings. The molecule has 0 atom stereocenters. The third-order valence-corrected chi connectivity index (χ3v) is 6.65. The molecule has 138 valence electrons. The van der Waals surface area contributed by atoms with Crippen LogP contribution in [0.3, 0.4) is 0 Å². The highest BCUT2D eigenvalue weighted by molar-refractivity contribution is 7.89. The Balaban J connectivity index is 1.94. The summed E-state index contributed by atoms with van der Waals surface area (Å²) in [6.07, 6.45) is 1.77. The predicted molar refractivity (Wildman–Crippen MR) is 103 cm³/mol. The van der Waals surface area contributed by atoms with Crippen molar-refractivity contribution < 1.29 is 13.2 Å². The highest BCUT2D eigenvalue weighted by Crippen LogP contribution is 2.24. The maximum atomic E-state index is 13.0. The molecule has 26 heavy (non-hydrogen) atoms. The molecule has 0 saturated carbocycles. The minimum Gasteiger partial charge on any atom is -0.308 e. The smallest absolute Gasteiger partial charge is 0.258 e. The van der Waals surface area contributed by atoms with E-state index in [1.165, 1.54) is 10.4 Å². The summed E-state index contributed by atoms with van der Waals surface area (Å²) in [5.74, 6) is -0.194. The highest BCUT2D eigenvalue weighted by atomic mass is 32.2. The molecular formula is C20H24N2O3S. The summed E-state index contributed by atoms with van der Waals surface area (Å²) < 4.78 is 27.0. The first-order valence-corrected chi connectivity index (χ1v) is 10.4. The van der Waals surface area contributed by atoms with E-state index in [-0.39, 0.29) is 10.8 Å². The molecule has 5 nitrogen and oxygen atoms in total. The van der Waals surface area contributed by atoms with Gasteiger partial charge in [0.15, 0.2) is 0 Å². The fraction of sp³-hybridized carbons (Fsp3) is 0.350. The normalized spacial score (nSPS) is 15.2. The Morgan fingerprint density at radius 1 is 1.08 bits per heavy atom. The molecular weight excluding hydrogens is 348 g/mol. The topological polar surface area (TPSA) is 57.7 Å². The van der Waals surface area contributed by atoms with Gasteiger partial charge < -0.3 is 4.90 Å². The number of benzene rings is 2. The lowest BCUT2D eigenvalue weighted by Crippen LogP contribution is -2.32. The van der Waals surface area contributed by atoms with Crippen LogP contribution in [0.4, 0.5) is 5.69 Å². The second kappa shape index (κ2) is 7.60. The fourth-order valence-corrected chi connectivity index (χ4v) is 4.88. The minimum absolute atomic E-state index is 0.186. The Kier molecular flexibility index (Phi) is 5.44. The predicted octanol–water partition coefficient (Wildman–Crippen LogP) is 3.45. The fourth-order valence-electron chi connectivity index (χ4n) is 3.31. The van der Waals surface area contributed by atoms with Gasteiger partial charge in [-0.2, -0.15) is 4.31 Å². The summed E-state index contributed by atoms with van der Waals surface area (Å²) in [6.45, 7) is 5.47. The van der Waals surface area contributed by atoms with Gasteiger partial charge in [0, 0.05) is 30.9 Å². The number of amides is 1. The highest BCUT2D eigenvalue weighted by Gasteiger charge is 2.28. The van der Waals surface area contributed by atoms with Crippen LogP contribution in [0.1, 0.15) is 35.7 Å². The summed E-state index contributed by atoms with van der Waals surface area (Å²) in [4.78, 5) is 14.9. The van der Waals surface area contributed by atoms with Crippen molar-refractivity contribution in [2.45, 2.75) is 31.6 Å². The van der Waals surface area contributed by atoms with Gasteiger partial charge in [-0.1, -0.05) is 24.3 Å². The first-order chi connectivity index (χ1) is 12.4. The van der Waals surface area contributed by atoms with E-state index in [0.29, 0.717) is 25.2 Å². The van der Waals surface area contributed by atoms with Gasteiger partial charge >= 0.3 is 0 Å². The number of rotatable bonds is 5. The molecule has 0 unspecified atom stereocenters. The Bertz CT molecular complexity index is 903. The zero-order valence-corrected chi connectivity index (χ0v) is 16.0. The first-order valence-electron chi connectivity index (χ1n) is 8.93. The van der Waals surface area contributed by atoms with Crippen LogP contribution < -0.4 is 4.90 Å². The molecule has 0 bridgehead atoms. The van der Waals surface area contributed by atoms with Crippen molar-refractivity contribution in [2.75, 3.05) is 24.5 Å². The third kappa shape index (κ3) is 3.52. The summed E-state index contributed by atoms with van der Waals surface area (Å²) in [5.41, 5.74) is 2.23. The summed E-state index contributed by atoms with van der Waals surface area (Å²) >= 11 is 0. The molecule has 0 aliphatic carbocycles. The van der Waals surface area contributed by atoms with E-state index in [1.54, 1.807) is 23.1 Å². The average molecular weight is 372 g/mol. The van der Waals surface area contributed by atoms with E-state index in [9.17, 15) is 13.2 Å². The van der Waals surface area contributed by atoms with Crippen LogP contribution >= 0.6 is 0 Å². The molecule has 1 heterocycles.